The number of unbranched alkanes of at least 4 members (excludes halogenated alkanes) is 4. The van der Waals surface area contributed by atoms with E-state index in [9.17, 15) is 5.11 Å². The molecule has 0 spiro atoms. The Kier molecular flexibility index (Phi) is 6.76. The maximum atomic E-state index is 9.28. The van der Waals surface area contributed by atoms with E-state index >= 15 is 0 Å². The number of hydrogen-bond acceptors (Lipinski definition) is 1. The van der Waals surface area contributed by atoms with E-state index in [1.807, 2.05) is 0 Å². The Morgan fingerprint density at radius 3 is 2.18 bits per heavy atom. The Morgan fingerprint density at radius 1 is 0.941 bits per heavy atom. The van der Waals surface area contributed by atoms with Gasteiger partial charge in [0, 0.05) is 0 Å². The van der Waals surface area contributed by atoms with Crippen LogP contribution in [0.1, 0.15) is 70.3 Å². The summed E-state index contributed by atoms with van der Waals surface area (Å²) in [6.07, 6.45) is 9.24. The number of phenols is 1. The maximum absolute atomic E-state index is 9.28. The van der Waals surface area contributed by atoms with Crippen LogP contribution in [-0.2, 0) is 0 Å². The lowest BCUT2D eigenvalue weighted by molar-refractivity contribution is 0.474. The van der Waals surface area contributed by atoms with Gasteiger partial charge in [-0.1, -0.05) is 58.1 Å². The van der Waals surface area contributed by atoms with Crippen molar-refractivity contribution in [2.75, 3.05) is 0 Å². The van der Waals surface area contributed by atoms with Gasteiger partial charge >= 0.3 is 0 Å². The molecule has 1 N–H and O–H groups in total. The van der Waals surface area contributed by atoms with Crippen molar-refractivity contribution in [3.05, 3.63) is 29.8 Å². The molecule has 0 heterocycles. The van der Waals surface area contributed by atoms with Gasteiger partial charge in [-0.2, -0.15) is 0 Å². The van der Waals surface area contributed by atoms with Crippen molar-refractivity contribution in [1.82, 2.24) is 0 Å². The molecule has 0 amide bonds. The predicted molar refractivity (Wildman–Crippen MR) is 74.5 cm³/mol. The first kappa shape index (κ1) is 14.1. The van der Waals surface area contributed by atoms with Crippen LogP contribution < -0.4 is 0 Å². The lowest BCUT2D eigenvalue weighted by atomic mass is 9.91. The van der Waals surface area contributed by atoms with Gasteiger partial charge in [-0.25, -0.2) is 0 Å². The Balaban J connectivity index is 2.35. The Labute approximate surface area is 106 Å². The van der Waals surface area contributed by atoms with E-state index in [-0.39, 0.29) is 0 Å². The molecule has 1 atom stereocenters. The molecule has 1 nitrogen and oxygen atoms in total. The van der Waals surface area contributed by atoms with E-state index in [4.69, 9.17) is 0 Å². The molecule has 1 unspecified atom stereocenters. The van der Waals surface area contributed by atoms with Crippen molar-refractivity contribution < 1.29 is 5.11 Å². The van der Waals surface area contributed by atoms with Gasteiger partial charge in [-0.15, -0.1) is 0 Å². The summed E-state index contributed by atoms with van der Waals surface area (Å²) in [5.41, 5.74) is 1.38. The molecule has 0 saturated heterocycles. The van der Waals surface area contributed by atoms with Crippen molar-refractivity contribution >= 4 is 0 Å². The van der Waals surface area contributed by atoms with Crippen LogP contribution in [0.15, 0.2) is 24.3 Å². The van der Waals surface area contributed by atoms with Gasteiger partial charge in [0.1, 0.15) is 5.75 Å². The molecular formula is C16H26O. The number of aromatic hydroxyl groups is 1. The fourth-order valence-corrected chi connectivity index (χ4v) is 2.35. The summed E-state index contributed by atoms with van der Waals surface area (Å²) >= 11 is 0. The molecule has 0 aliphatic rings. The molecule has 0 aliphatic carbocycles. The molecule has 0 radical (unpaired) electrons. The average molecular weight is 234 g/mol. The SMILES string of the molecule is CCCCCCCC(CC)c1ccc(O)cc1. The van der Waals surface area contributed by atoms with Gasteiger partial charge in [0.15, 0.2) is 0 Å². The molecule has 1 rings (SSSR count). The number of hydrogen-bond donors (Lipinski definition) is 1. The van der Waals surface area contributed by atoms with Crippen LogP contribution in [0.3, 0.4) is 0 Å². The van der Waals surface area contributed by atoms with E-state index in [1.165, 1.54) is 50.5 Å². The molecule has 0 bridgehead atoms. The summed E-state index contributed by atoms with van der Waals surface area (Å²) in [6, 6.07) is 7.73. The zero-order valence-corrected chi connectivity index (χ0v) is 11.3. The van der Waals surface area contributed by atoms with Crippen molar-refractivity contribution in [3.8, 4) is 5.75 Å². The van der Waals surface area contributed by atoms with Gasteiger partial charge in [-0.3, -0.25) is 0 Å². The third-order valence-corrected chi connectivity index (χ3v) is 3.51. The first-order chi connectivity index (χ1) is 8.27. The highest BCUT2D eigenvalue weighted by molar-refractivity contribution is 5.28. The summed E-state index contributed by atoms with van der Waals surface area (Å²) in [5.74, 6) is 1.03. The van der Waals surface area contributed by atoms with Crippen LogP contribution in [0.4, 0.5) is 0 Å². The molecule has 1 aromatic carbocycles. The van der Waals surface area contributed by atoms with E-state index in [2.05, 4.69) is 26.0 Å². The highest BCUT2D eigenvalue weighted by Crippen LogP contribution is 2.27. The van der Waals surface area contributed by atoms with Crippen LogP contribution in [0.2, 0.25) is 0 Å². The van der Waals surface area contributed by atoms with E-state index in [1.54, 1.807) is 12.1 Å². The minimum Gasteiger partial charge on any atom is -0.508 e. The maximum Gasteiger partial charge on any atom is 0.115 e. The molecule has 1 heteroatoms. The lowest BCUT2D eigenvalue weighted by Gasteiger charge is -2.15. The normalized spacial score (nSPS) is 12.6. The largest absolute Gasteiger partial charge is 0.508 e. The van der Waals surface area contributed by atoms with Crippen molar-refractivity contribution in [2.24, 2.45) is 0 Å². The second-order valence-corrected chi connectivity index (χ2v) is 4.90. The second-order valence-electron chi connectivity index (χ2n) is 4.90. The molecule has 96 valence electrons. The van der Waals surface area contributed by atoms with Crippen LogP contribution in [0.5, 0.6) is 5.75 Å². The minimum atomic E-state index is 0.367. The van der Waals surface area contributed by atoms with Crippen molar-refractivity contribution in [3.63, 3.8) is 0 Å². The summed E-state index contributed by atoms with van der Waals surface area (Å²) in [5, 5.41) is 9.28. The fourth-order valence-electron chi connectivity index (χ4n) is 2.35. The standard InChI is InChI=1S/C16H26O/c1-3-5-6-7-8-9-14(4-2)15-10-12-16(17)13-11-15/h10-14,17H,3-9H2,1-2H3. The predicted octanol–water partition coefficient (Wildman–Crippen LogP) is 5.25. The molecular weight excluding hydrogens is 208 g/mol. The fraction of sp³-hybridized carbons (Fsp3) is 0.625. The topological polar surface area (TPSA) is 20.2 Å². The van der Waals surface area contributed by atoms with E-state index in [0.717, 1.165) is 0 Å². The summed E-state index contributed by atoms with van der Waals surface area (Å²) in [7, 11) is 0. The van der Waals surface area contributed by atoms with Crippen LogP contribution in [-0.4, -0.2) is 5.11 Å². The number of phenolic OH excluding ortho intramolecular Hbond substituents is 1. The Morgan fingerprint density at radius 2 is 1.59 bits per heavy atom. The lowest BCUT2D eigenvalue weighted by Crippen LogP contribution is -1.97. The van der Waals surface area contributed by atoms with Crippen LogP contribution in [0, 0.1) is 0 Å². The molecule has 0 aromatic heterocycles. The Bertz CT molecular complexity index is 289. The van der Waals surface area contributed by atoms with Crippen LogP contribution >= 0.6 is 0 Å². The molecule has 0 aliphatic heterocycles. The van der Waals surface area contributed by atoms with Crippen molar-refractivity contribution in [2.45, 2.75) is 64.7 Å². The highest BCUT2D eigenvalue weighted by Gasteiger charge is 2.08. The molecule has 1 aromatic rings. The summed E-state index contributed by atoms with van der Waals surface area (Å²) < 4.78 is 0. The second kappa shape index (κ2) is 8.16. The van der Waals surface area contributed by atoms with E-state index in [0.29, 0.717) is 11.7 Å². The third kappa shape index (κ3) is 5.25. The molecule has 17 heavy (non-hydrogen) atoms. The number of benzene rings is 1. The first-order valence-electron chi connectivity index (χ1n) is 7.06. The van der Waals surface area contributed by atoms with Gasteiger partial charge < -0.3 is 5.11 Å². The third-order valence-electron chi connectivity index (χ3n) is 3.51. The summed E-state index contributed by atoms with van der Waals surface area (Å²) in [4.78, 5) is 0. The smallest absolute Gasteiger partial charge is 0.115 e. The van der Waals surface area contributed by atoms with Gasteiger partial charge in [0.25, 0.3) is 0 Å². The molecule has 0 fully saturated rings. The van der Waals surface area contributed by atoms with Gasteiger partial charge in [0.05, 0.1) is 0 Å². The summed E-state index contributed by atoms with van der Waals surface area (Å²) in [6.45, 7) is 4.51. The highest BCUT2D eigenvalue weighted by atomic mass is 16.3. The van der Waals surface area contributed by atoms with Crippen molar-refractivity contribution in [1.29, 1.82) is 0 Å². The van der Waals surface area contributed by atoms with Crippen LogP contribution in [0.25, 0.3) is 0 Å². The van der Waals surface area contributed by atoms with Gasteiger partial charge in [0.2, 0.25) is 0 Å². The van der Waals surface area contributed by atoms with Gasteiger partial charge in [-0.05, 0) is 36.5 Å². The monoisotopic (exact) mass is 234 g/mol. The Hall–Kier alpha value is -0.980. The first-order valence-corrected chi connectivity index (χ1v) is 7.06. The minimum absolute atomic E-state index is 0.367. The zero-order valence-electron chi connectivity index (χ0n) is 11.3. The number of rotatable bonds is 8. The quantitative estimate of drug-likeness (QED) is 0.609. The zero-order chi connectivity index (χ0) is 12.5. The van der Waals surface area contributed by atoms with E-state index < -0.39 is 0 Å². The molecule has 0 saturated carbocycles. The average Bonchev–Trinajstić information content (AvgIpc) is 2.35.